The van der Waals surface area contributed by atoms with Gasteiger partial charge in [0, 0.05) is 16.8 Å². The van der Waals surface area contributed by atoms with Crippen LogP contribution in [0.4, 0.5) is 5.69 Å². The third-order valence-electron chi connectivity index (χ3n) is 3.83. The largest absolute Gasteiger partial charge is 0.497 e. The Kier molecular flexibility index (Phi) is 5.95. The number of ether oxygens (including phenoxy) is 1. The second-order valence-corrected chi connectivity index (χ2v) is 7.08. The number of hydrogen-bond acceptors (Lipinski definition) is 7. The Balaban J connectivity index is 1.60. The van der Waals surface area contributed by atoms with E-state index in [9.17, 15) is 9.59 Å². The molecule has 8 nitrogen and oxygen atoms in total. The van der Waals surface area contributed by atoms with Gasteiger partial charge in [0.15, 0.2) is 0 Å². The molecule has 3 aromatic rings. The lowest BCUT2D eigenvalue weighted by molar-refractivity contribution is -0.115. The normalized spacial score (nSPS) is 11.6. The summed E-state index contributed by atoms with van der Waals surface area (Å²) >= 11 is 1.15. The lowest BCUT2D eigenvalue weighted by Gasteiger charge is -2.10. The number of aromatic nitrogens is 2. The van der Waals surface area contributed by atoms with Crippen molar-refractivity contribution in [2.75, 3.05) is 12.4 Å². The van der Waals surface area contributed by atoms with Gasteiger partial charge in [-0.05, 0) is 55.5 Å². The van der Waals surface area contributed by atoms with Crippen LogP contribution in [0.25, 0.3) is 11.5 Å². The van der Waals surface area contributed by atoms with Crippen molar-refractivity contribution in [1.82, 2.24) is 10.2 Å². The molecule has 2 aromatic carbocycles. The Morgan fingerprint density at radius 1 is 1.11 bits per heavy atom. The monoisotopic (exact) mass is 398 g/mol. The number of carbonyl (C=O) groups excluding carboxylic acids is 2. The number of methoxy groups -OCH3 is 1. The highest BCUT2D eigenvalue weighted by atomic mass is 32.2. The van der Waals surface area contributed by atoms with Gasteiger partial charge in [-0.15, -0.1) is 10.2 Å². The molecule has 0 saturated carbocycles. The van der Waals surface area contributed by atoms with Crippen LogP contribution in [0.2, 0.25) is 0 Å². The molecule has 0 unspecified atom stereocenters. The lowest BCUT2D eigenvalue weighted by Crippen LogP contribution is -2.22. The number of carbonyl (C=O) groups is 2. The van der Waals surface area contributed by atoms with Gasteiger partial charge in [-0.3, -0.25) is 9.59 Å². The van der Waals surface area contributed by atoms with Crippen molar-refractivity contribution in [1.29, 1.82) is 0 Å². The van der Waals surface area contributed by atoms with Crippen LogP contribution in [0, 0.1) is 0 Å². The summed E-state index contributed by atoms with van der Waals surface area (Å²) in [4.78, 5) is 23.4. The van der Waals surface area contributed by atoms with Crippen LogP contribution < -0.4 is 15.8 Å². The number of nitrogens with two attached hydrogens (primary N) is 1. The van der Waals surface area contributed by atoms with E-state index in [1.807, 2.05) is 12.1 Å². The Labute approximate surface area is 165 Å². The van der Waals surface area contributed by atoms with Gasteiger partial charge in [-0.1, -0.05) is 11.8 Å². The third kappa shape index (κ3) is 4.68. The molecule has 144 valence electrons. The smallest absolute Gasteiger partial charge is 0.277 e. The van der Waals surface area contributed by atoms with Gasteiger partial charge in [-0.25, -0.2) is 0 Å². The molecule has 0 aliphatic carbocycles. The minimum Gasteiger partial charge on any atom is -0.497 e. The van der Waals surface area contributed by atoms with Gasteiger partial charge in [-0.2, -0.15) is 0 Å². The van der Waals surface area contributed by atoms with Crippen molar-refractivity contribution in [3.63, 3.8) is 0 Å². The van der Waals surface area contributed by atoms with Crippen LogP contribution in [0.3, 0.4) is 0 Å². The number of amides is 2. The van der Waals surface area contributed by atoms with E-state index >= 15 is 0 Å². The zero-order valence-corrected chi connectivity index (χ0v) is 16.0. The predicted molar refractivity (Wildman–Crippen MR) is 105 cm³/mol. The summed E-state index contributed by atoms with van der Waals surface area (Å²) in [5, 5.41) is 10.6. The number of nitrogens with zero attached hydrogens (tertiary/aromatic N) is 2. The Morgan fingerprint density at radius 3 is 2.39 bits per heavy atom. The molecule has 0 saturated heterocycles. The fraction of sp³-hybridized carbons (Fsp3) is 0.158. The first kappa shape index (κ1) is 19.4. The SMILES string of the molecule is COc1ccc(-c2nnc(S[C@H](C)C(=O)Nc3ccc(C(N)=O)cc3)o2)cc1. The molecular weight excluding hydrogens is 380 g/mol. The maximum Gasteiger partial charge on any atom is 0.277 e. The highest BCUT2D eigenvalue weighted by Gasteiger charge is 2.19. The first-order valence-electron chi connectivity index (χ1n) is 8.31. The minimum absolute atomic E-state index is 0.235. The number of nitrogens with one attached hydrogen (secondary N) is 1. The van der Waals surface area contributed by atoms with E-state index in [0.717, 1.165) is 23.1 Å². The van der Waals surface area contributed by atoms with Gasteiger partial charge in [0.2, 0.25) is 17.7 Å². The molecule has 0 spiro atoms. The van der Waals surface area contributed by atoms with Gasteiger partial charge in [0.05, 0.1) is 12.4 Å². The van der Waals surface area contributed by atoms with E-state index in [1.165, 1.54) is 0 Å². The van der Waals surface area contributed by atoms with E-state index in [0.29, 0.717) is 17.1 Å². The van der Waals surface area contributed by atoms with Crippen LogP contribution in [-0.2, 0) is 4.79 Å². The number of primary amides is 1. The summed E-state index contributed by atoms with van der Waals surface area (Å²) in [5.41, 5.74) is 6.89. The Bertz CT molecular complexity index is 970. The quantitative estimate of drug-likeness (QED) is 0.587. The van der Waals surface area contributed by atoms with Crippen LogP contribution in [-0.4, -0.2) is 34.4 Å². The lowest BCUT2D eigenvalue weighted by atomic mass is 10.2. The average molecular weight is 398 g/mol. The number of hydrogen-bond donors (Lipinski definition) is 2. The van der Waals surface area contributed by atoms with E-state index in [4.69, 9.17) is 14.9 Å². The van der Waals surface area contributed by atoms with Gasteiger partial charge in [0.1, 0.15) is 5.75 Å². The van der Waals surface area contributed by atoms with E-state index < -0.39 is 11.2 Å². The highest BCUT2D eigenvalue weighted by molar-refractivity contribution is 8.00. The maximum absolute atomic E-state index is 12.4. The first-order chi connectivity index (χ1) is 13.5. The summed E-state index contributed by atoms with van der Waals surface area (Å²) in [6, 6.07) is 13.6. The molecule has 0 radical (unpaired) electrons. The number of rotatable bonds is 7. The molecule has 0 fully saturated rings. The number of thioether (sulfide) groups is 1. The van der Waals surface area contributed by atoms with Crippen LogP contribution in [0.1, 0.15) is 17.3 Å². The fourth-order valence-corrected chi connectivity index (χ4v) is 2.96. The van der Waals surface area contributed by atoms with Crippen LogP contribution in [0.15, 0.2) is 58.2 Å². The molecule has 1 atom stereocenters. The van der Waals surface area contributed by atoms with Crippen molar-refractivity contribution in [2.45, 2.75) is 17.4 Å². The molecule has 28 heavy (non-hydrogen) atoms. The molecule has 0 aliphatic rings. The Morgan fingerprint density at radius 2 is 1.79 bits per heavy atom. The van der Waals surface area contributed by atoms with E-state index in [-0.39, 0.29) is 11.1 Å². The summed E-state index contributed by atoms with van der Waals surface area (Å²) in [6.07, 6.45) is 0. The topological polar surface area (TPSA) is 120 Å². The van der Waals surface area contributed by atoms with Gasteiger partial charge >= 0.3 is 0 Å². The van der Waals surface area contributed by atoms with E-state index in [2.05, 4.69) is 15.5 Å². The molecule has 1 aromatic heterocycles. The van der Waals surface area contributed by atoms with Crippen LogP contribution >= 0.6 is 11.8 Å². The molecule has 2 amide bonds. The van der Waals surface area contributed by atoms with Crippen molar-refractivity contribution in [3.8, 4) is 17.2 Å². The molecule has 9 heteroatoms. The minimum atomic E-state index is -0.522. The van der Waals surface area contributed by atoms with E-state index in [1.54, 1.807) is 50.4 Å². The second-order valence-electron chi connectivity index (χ2n) is 5.79. The van der Waals surface area contributed by atoms with Gasteiger partial charge in [0.25, 0.3) is 5.22 Å². The van der Waals surface area contributed by atoms with Crippen molar-refractivity contribution < 1.29 is 18.7 Å². The second kappa shape index (κ2) is 8.57. The fourth-order valence-electron chi connectivity index (χ4n) is 2.27. The Hall–Kier alpha value is -3.33. The zero-order chi connectivity index (χ0) is 20.1. The van der Waals surface area contributed by atoms with Crippen molar-refractivity contribution >= 4 is 29.3 Å². The maximum atomic E-state index is 12.4. The highest BCUT2D eigenvalue weighted by Crippen LogP contribution is 2.27. The third-order valence-corrected chi connectivity index (χ3v) is 4.76. The molecule has 3 N–H and O–H groups in total. The summed E-state index contributed by atoms with van der Waals surface area (Å²) in [6.45, 7) is 1.73. The number of anilines is 1. The predicted octanol–water partition coefficient (Wildman–Crippen LogP) is 2.96. The standard InChI is InChI=1S/C19H18N4O4S/c1-11(17(25)21-14-7-3-12(4-8-14)16(20)24)28-19-23-22-18(27-19)13-5-9-15(26-2)10-6-13/h3-11H,1-2H3,(H2,20,24)(H,21,25)/t11-/m1/s1. The summed E-state index contributed by atoms with van der Waals surface area (Å²) in [7, 11) is 1.59. The van der Waals surface area contributed by atoms with Crippen molar-refractivity contribution in [3.05, 3.63) is 54.1 Å². The molecule has 0 aliphatic heterocycles. The molecule has 1 heterocycles. The van der Waals surface area contributed by atoms with Gasteiger partial charge < -0.3 is 20.2 Å². The molecular formula is C19H18N4O4S. The number of benzene rings is 2. The summed E-state index contributed by atoms with van der Waals surface area (Å²) in [5.74, 6) is 0.332. The molecule has 3 rings (SSSR count). The van der Waals surface area contributed by atoms with Crippen molar-refractivity contribution in [2.24, 2.45) is 5.73 Å². The summed E-state index contributed by atoms with van der Waals surface area (Å²) < 4.78 is 10.7. The molecule has 0 bridgehead atoms. The average Bonchev–Trinajstić information content (AvgIpc) is 3.17. The zero-order valence-electron chi connectivity index (χ0n) is 15.2. The first-order valence-corrected chi connectivity index (χ1v) is 9.19. The van der Waals surface area contributed by atoms with Crippen LogP contribution in [0.5, 0.6) is 5.75 Å².